The lowest BCUT2D eigenvalue weighted by Gasteiger charge is -2.03. The van der Waals surface area contributed by atoms with Gasteiger partial charge in [0.05, 0.1) is 0 Å². The lowest BCUT2D eigenvalue weighted by Crippen LogP contribution is -2.09. The zero-order valence-electron chi connectivity index (χ0n) is 10.5. The van der Waals surface area contributed by atoms with Crippen LogP contribution in [0.5, 0.6) is 0 Å². The van der Waals surface area contributed by atoms with Crippen LogP contribution in [0.4, 0.5) is 17.8 Å². The third kappa shape index (κ3) is 7.54. The first kappa shape index (κ1) is 16.3. The number of nitrogens with two attached hydrogens (primary N) is 2. The number of methoxy groups -OCH3 is 1. The van der Waals surface area contributed by atoms with Gasteiger partial charge in [-0.3, -0.25) is 0 Å². The van der Waals surface area contributed by atoms with E-state index in [1.54, 1.807) is 0 Å². The molecule has 1 heterocycles. The first-order valence-corrected chi connectivity index (χ1v) is 5.36. The maximum Gasteiger partial charge on any atom is 0.231 e. The smallest absolute Gasteiger partial charge is 0.231 e. The highest BCUT2D eigenvalue weighted by Gasteiger charge is 1.98. The summed E-state index contributed by atoms with van der Waals surface area (Å²) in [6.45, 7) is 1.73. The maximum absolute atomic E-state index is 8.64. The molecule has 1 atom stereocenters. The fraction of sp³-hybridized carbons (Fsp3) is 0.667. The number of aliphatic hydroxyl groups is 2. The van der Waals surface area contributed by atoms with Gasteiger partial charge >= 0.3 is 0 Å². The SMILES string of the molecule is CCCC(O)OC.Nc1nc(N)nc(NCO)n1. The van der Waals surface area contributed by atoms with Gasteiger partial charge in [-0.05, 0) is 6.42 Å². The molecule has 0 aromatic carbocycles. The molecule has 0 amide bonds. The Morgan fingerprint density at radius 1 is 1.28 bits per heavy atom. The van der Waals surface area contributed by atoms with Gasteiger partial charge in [0.15, 0.2) is 6.29 Å². The van der Waals surface area contributed by atoms with Crippen molar-refractivity contribution in [1.82, 2.24) is 15.0 Å². The maximum atomic E-state index is 8.64. The minimum absolute atomic E-state index is 0.0217. The Labute approximate surface area is 105 Å². The molecule has 104 valence electrons. The molecule has 1 unspecified atom stereocenters. The molecular weight excluding hydrogens is 240 g/mol. The number of nitrogen functional groups attached to an aromatic ring is 2. The molecule has 9 heteroatoms. The van der Waals surface area contributed by atoms with Crippen molar-refractivity contribution in [2.75, 3.05) is 30.6 Å². The summed E-state index contributed by atoms with van der Waals surface area (Å²) in [5, 5.41) is 19.5. The normalized spacial score (nSPS) is 11.3. The number of nitrogens with one attached hydrogen (secondary N) is 1. The molecule has 0 fully saturated rings. The van der Waals surface area contributed by atoms with Crippen molar-refractivity contribution in [3.05, 3.63) is 0 Å². The minimum atomic E-state index is -0.551. The number of rotatable bonds is 5. The van der Waals surface area contributed by atoms with E-state index in [1.807, 2.05) is 6.92 Å². The molecule has 0 bridgehead atoms. The van der Waals surface area contributed by atoms with E-state index in [-0.39, 0.29) is 24.6 Å². The molecule has 1 aromatic rings. The summed E-state index contributed by atoms with van der Waals surface area (Å²) >= 11 is 0. The zero-order valence-corrected chi connectivity index (χ0v) is 10.5. The molecule has 0 saturated carbocycles. The highest BCUT2D eigenvalue weighted by atomic mass is 16.6. The Kier molecular flexibility index (Phi) is 8.45. The number of aromatic nitrogens is 3. The van der Waals surface area contributed by atoms with Crippen LogP contribution in [0.3, 0.4) is 0 Å². The summed E-state index contributed by atoms with van der Waals surface area (Å²) in [4.78, 5) is 10.8. The molecule has 18 heavy (non-hydrogen) atoms. The second-order valence-electron chi connectivity index (χ2n) is 3.19. The summed E-state index contributed by atoms with van der Waals surface area (Å²) in [7, 11) is 1.50. The lowest BCUT2D eigenvalue weighted by molar-refractivity contribution is -0.0783. The molecule has 0 aliphatic carbocycles. The summed E-state index contributed by atoms with van der Waals surface area (Å²) in [6.07, 6.45) is 1.15. The second-order valence-corrected chi connectivity index (χ2v) is 3.19. The summed E-state index contributed by atoms with van der Waals surface area (Å²) in [5.41, 5.74) is 10.5. The fourth-order valence-electron chi connectivity index (χ4n) is 0.924. The van der Waals surface area contributed by atoms with Crippen LogP contribution in [0.2, 0.25) is 0 Å². The van der Waals surface area contributed by atoms with Gasteiger partial charge in [0.1, 0.15) is 6.73 Å². The molecule has 0 aliphatic rings. The van der Waals surface area contributed by atoms with Crippen LogP contribution >= 0.6 is 0 Å². The Bertz CT molecular complexity index is 318. The van der Waals surface area contributed by atoms with E-state index in [1.165, 1.54) is 7.11 Å². The summed E-state index contributed by atoms with van der Waals surface area (Å²) in [6, 6.07) is 0. The molecular formula is C9H20N6O3. The molecule has 0 spiro atoms. The van der Waals surface area contributed by atoms with E-state index in [9.17, 15) is 0 Å². The highest BCUT2D eigenvalue weighted by Crippen LogP contribution is 2.01. The number of ether oxygens (including phenoxy) is 1. The van der Waals surface area contributed by atoms with Gasteiger partial charge in [0.2, 0.25) is 17.8 Å². The lowest BCUT2D eigenvalue weighted by atomic mass is 10.3. The first-order valence-electron chi connectivity index (χ1n) is 5.36. The third-order valence-corrected chi connectivity index (χ3v) is 1.71. The number of hydrogen-bond donors (Lipinski definition) is 5. The average molecular weight is 260 g/mol. The molecule has 0 saturated heterocycles. The fourth-order valence-corrected chi connectivity index (χ4v) is 0.924. The molecule has 9 nitrogen and oxygen atoms in total. The van der Waals surface area contributed by atoms with Gasteiger partial charge in [-0.2, -0.15) is 15.0 Å². The van der Waals surface area contributed by atoms with Crippen LogP contribution in [0, 0.1) is 0 Å². The van der Waals surface area contributed by atoms with Crippen molar-refractivity contribution in [2.24, 2.45) is 0 Å². The number of anilines is 3. The van der Waals surface area contributed by atoms with Crippen molar-refractivity contribution >= 4 is 17.8 Å². The third-order valence-electron chi connectivity index (χ3n) is 1.71. The topological polar surface area (TPSA) is 152 Å². The van der Waals surface area contributed by atoms with E-state index < -0.39 is 6.29 Å². The highest BCUT2D eigenvalue weighted by molar-refractivity contribution is 5.36. The van der Waals surface area contributed by atoms with Gasteiger partial charge < -0.3 is 31.7 Å². The molecule has 0 aliphatic heterocycles. The van der Waals surface area contributed by atoms with Crippen LogP contribution in [0.15, 0.2) is 0 Å². The van der Waals surface area contributed by atoms with Crippen molar-refractivity contribution < 1.29 is 14.9 Å². The summed E-state index contributed by atoms with van der Waals surface area (Å²) < 4.78 is 4.55. The first-order chi connectivity index (χ1) is 8.53. The van der Waals surface area contributed by atoms with Gasteiger partial charge in [0, 0.05) is 7.11 Å². The number of nitrogens with zero attached hydrogens (tertiary/aromatic N) is 3. The number of hydrogen-bond acceptors (Lipinski definition) is 9. The molecule has 7 N–H and O–H groups in total. The average Bonchev–Trinajstić information content (AvgIpc) is 2.29. The van der Waals surface area contributed by atoms with Crippen molar-refractivity contribution in [2.45, 2.75) is 26.1 Å². The Morgan fingerprint density at radius 3 is 2.17 bits per heavy atom. The standard InChI is InChI=1S/C5H12O2.C4H8N6O/c1-3-4-5(6)7-2;5-2-8-3(6)10-4(9-2)7-1-11/h5-6H,3-4H2,1-2H3;11H,1H2,(H5,5,6,7,8,9,10). The van der Waals surface area contributed by atoms with Crippen LogP contribution in [0.1, 0.15) is 19.8 Å². The van der Waals surface area contributed by atoms with Crippen LogP contribution in [-0.4, -0.2) is 45.3 Å². The zero-order chi connectivity index (χ0) is 14.0. The van der Waals surface area contributed by atoms with Crippen molar-refractivity contribution in [1.29, 1.82) is 0 Å². The van der Waals surface area contributed by atoms with Crippen molar-refractivity contribution in [3.8, 4) is 0 Å². The van der Waals surface area contributed by atoms with E-state index in [0.29, 0.717) is 0 Å². The van der Waals surface area contributed by atoms with Gasteiger partial charge in [-0.15, -0.1) is 0 Å². The van der Waals surface area contributed by atoms with E-state index in [0.717, 1.165) is 12.8 Å². The Hall–Kier alpha value is -1.71. The monoisotopic (exact) mass is 260 g/mol. The van der Waals surface area contributed by atoms with E-state index in [2.05, 4.69) is 25.0 Å². The van der Waals surface area contributed by atoms with E-state index in [4.69, 9.17) is 21.7 Å². The summed E-state index contributed by atoms with van der Waals surface area (Å²) in [5.74, 6) is 0.208. The van der Waals surface area contributed by atoms with Gasteiger partial charge in [-0.1, -0.05) is 13.3 Å². The van der Waals surface area contributed by atoms with Crippen LogP contribution < -0.4 is 16.8 Å². The molecule has 0 radical (unpaired) electrons. The Balaban J connectivity index is 0.000000360. The van der Waals surface area contributed by atoms with Gasteiger partial charge in [0.25, 0.3) is 0 Å². The van der Waals surface area contributed by atoms with Crippen LogP contribution in [-0.2, 0) is 4.74 Å². The molecule has 1 aromatic heterocycles. The largest absolute Gasteiger partial charge is 0.376 e. The molecule has 1 rings (SSSR count). The minimum Gasteiger partial charge on any atom is -0.376 e. The number of aliphatic hydroxyl groups excluding tert-OH is 2. The van der Waals surface area contributed by atoms with Crippen LogP contribution in [0.25, 0.3) is 0 Å². The predicted octanol–water partition coefficient (Wildman–Crippen LogP) is -0.851. The second kappa shape index (κ2) is 9.33. The van der Waals surface area contributed by atoms with Crippen molar-refractivity contribution in [3.63, 3.8) is 0 Å². The quantitative estimate of drug-likeness (QED) is 0.426. The van der Waals surface area contributed by atoms with E-state index >= 15 is 0 Å². The Morgan fingerprint density at radius 2 is 1.83 bits per heavy atom. The van der Waals surface area contributed by atoms with Gasteiger partial charge in [-0.25, -0.2) is 0 Å². The predicted molar refractivity (Wildman–Crippen MR) is 67.3 cm³/mol.